The quantitative estimate of drug-likeness (QED) is 0.919. The first kappa shape index (κ1) is 14.6. The first-order chi connectivity index (χ1) is 9.49. The van der Waals surface area contributed by atoms with Crippen LogP contribution in [0.25, 0.3) is 0 Å². The Bertz CT molecular complexity index is 510. The molecule has 1 unspecified atom stereocenters. The second kappa shape index (κ2) is 6.07. The van der Waals surface area contributed by atoms with Crippen molar-refractivity contribution >= 4 is 11.9 Å². The summed E-state index contributed by atoms with van der Waals surface area (Å²) in [6, 6.07) is 7.50. The molecule has 1 aromatic rings. The number of hydrogen-bond donors (Lipinski definition) is 1. The van der Waals surface area contributed by atoms with E-state index >= 15 is 0 Å². The number of benzene rings is 1. The SMILES string of the molecule is CC(C)CCC(=O)N1Cc2ccccc2C(C(=O)O)C1. The summed E-state index contributed by atoms with van der Waals surface area (Å²) in [5.41, 5.74) is 1.79. The minimum absolute atomic E-state index is 0.0550. The van der Waals surface area contributed by atoms with Gasteiger partial charge in [-0.15, -0.1) is 0 Å². The topological polar surface area (TPSA) is 57.6 Å². The number of carboxylic acids is 1. The minimum Gasteiger partial charge on any atom is -0.481 e. The lowest BCUT2D eigenvalue weighted by atomic mass is 9.89. The Kier molecular flexibility index (Phi) is 4.42. The molecule has 1 heterocycles. The molecule has 108 valence electrons. The van der Waals surface area contributed by atoms with Crippen LogP contribution in [0.2, 0.25) is 0 Å². The molecule has 1 aromatic carbocycles. The fourth-order valence-electron chi connectivity index (χ4n) is 2.58. The van der Waals surface area contributed by atoms with Crippen LogP contribution in [0.4, 0.5) is 0 Å². The van der Waals surface area contributed by atoms with Crippen molar-refractivity contribution in [3.63, 3.8) is 0 Å². The molecule has 1 amide bonds. The van der Waals surface area contributed by atoms with Crippen molar-refractivity contribution in [1.82, 2.24) is 4.90 Å². The first-order valence-corrected chi connectivity index (χ1v) is 7.07. The number of fused-ring (bicyclic) bond motifs is 1. The first-order valence-electron chi connectivity index (χ1n) is 7.07. The molecule has 1 aliphatic rings. The molecule has 0 saturated carbocycles. The molecule has 4 heteroatoms. The molecular weight excluding hydrogens is 254 g/mol. The van der Waals surface area contributed by atoms with Gasteiger partial charge in [-0.2, -0.15) is 0 Å². The minimum atomic E-state index is -0.862. The average molecular weight is 275 g/mol. The van der Waals surface area contributed by atoms with Crippen molar-refractivity contribution in [3.05, 3.63) is 35.4 Å². The monoisotopic (exact) mass is 275 g/mol. The fourth-order valence-corrected chi connectivity index (χ4v) is 2.58. The Labute approximate surface area is 119 Å². The summed E-state index contributed by atoms with van der Waals surface area (Å²) in [5, 5.41) is 9.36. The van der Waals surface area contributed by atoms with Gasteiger partial charge in [-0.25, -0.2) is 0 Å². The summed E-state index contributed by atoms with van der Waals surface area (Å²) < 4.78 is 0. The van der Waals surface area contributed by atoms with Gasteiger partial charge in [-0.1, -0.05) is 38.1 Å². The Morgan fingerprint density at radius 1 is 1.35 bits per heavy atom. The van der Waals surface area contributed by atoms with Gasteiger partial charge in [0.2, 0.25) is 5.91 Å². The van der Waals surface area contributed by atoms with Gasteiger partial charge < -0.3 is 10.0 Å². The summed E-state index contributed by atoms with van der Waals surface area (Å²) in [6.07, 6.45) is 1.33. The number of carbonyl (C=O) groups excluding carboxylic acids is 1. The zero-order valence-electron chi connectivity index (χ0n) is 12.0. The van der Waals surface area contributed by atoms with Crippen molar-refractivity contribution < 1.29 is 14.7 Å². The van der Waals surface area contributed by atoms with E-state index < -0.39 is 11.9 Å². The summed E-state index contributed by atoms with van der Waals surface area (Å²) in [7, 11) is 0. The normalized spacial score (nSPS) is 17.9. The summed E-state index contributed by atoms with van der Waals surface area (Å²) in [5.74, 6) is -0.937. The molecule has 0 fully saturated rings. The van der Waals surface area contributed by atoms with Crippen LogP contribution in [-0.2, 0) is 16.1 Å². The highest BCUT2D eigenvalue weighted by Gasteiger charge is 2.32. The number of carboxylic acid groups (broad SMARTS) is 1. The van der Waals surface area contributed by atoms with Crippen LogP contribution in [0.1, 0.15) is 43.7 Å². The van der Waals surface area contributed by atoms with Crippen LogP contribution in [-0.4, -0.2) is 28.4 Å². The zero-order valence-corrected chi connectivity index (χ0v) is 12.0. The van der Waals surface area contributed by atoms with Gasteiger partial charge in [0.1, 0.15) is 0 Å². The summed E-state index contributed by atoms with van der Waals surface area (Å²) in [6.45, 7) is 4.97. The van der Waals surface area contributed by atoms with E-state index in [4.69, 9.17) is 0 Å². The van der Waals surface area contributed by atoms with E-state index in [1.54, 1.807) is 4.90 Å². The van der Waals surface area contributed by atoms with E-state index in [1.807, 2.05) is 24.3 Å². The maximum absolute atomic E-state index is 12.2. The highest BCUT2D eigenvalue weighted by molar-refractivity contribution is 5.81. The van der Waals surface area contributed by atoms with Gasteiger partial charge in [0.25, 0.3) is 0 Å². The van der Waals surface area contributed by atoms with E-state index in [2.05, 4.69) is 13.8 Å². The molecule has 1 N–H and O–H groups in total. The van der Waals surface area contributed by atoms with Crippen molar-refractivity contribution in [2.45, 2.75) is 39.2 Å². The van der Waals surface area contributed by atoms with Crippen molar-refractivity contribution in [2.75, 3.05) is 6.54 Å². The maximum atomic E-state index is 12.2. The summed E-state index contributed by atoms with van der Waals surface area (Å²) in [4.78, 5) is 25.3. The van der Waals surface area contributed by atoms with Crippen LogP contribution in [0.15, 0.2) is 24.3 Å². The molecule has 20 heavy (non-hydrogen) atoms. The fraction of sp³-hybridized carbons (Fsp3) is 0.500. The molecule has 0 radical (unpaired) electrons. The highest BCUT2D eigenvalue weighted by Crippen LogP contribution is 2.29. The Morgan fingerprint density at radius 3 is 2.70 bits per heavy atom. The molecule has 0 aliphatic carbocycles. The van der Waals surface area contributed by atoms with E-state index in [9.17, 15) is 14.7 Å². The van der Waals surface area contributed by atoms with Crippen molar-refractivity contribution in [2.24, 2.45) is 5.92 Å². The molecule has 0 bridgehead atoms. The third-order valence-corrected chi connectivity index (χ3v) is 3.78. The van der Waals surface area contributed by atoms with Gasteiger partial charge in [-0.3, -0.25) is 9.59 Å². The highest BCUT2D eigenvalue weighted by atomic mass is 16.4. The smallest absolute Gasteiger partial charge is 0.312 e. The van der Waals surface area contributed by atoms with E-state index in [0.29, 0.717) is 18.9 Å². The molecule has 2 rings (SSSR count). The second-order valence-corrected chi connectivity index (χ2v) is 5.80. The van der Waals surface area contributed by atoms with Gasteiger partial charge >= 0.3 is 5.97 Å². The zero-order chi connectivity index (χ0) is 14.7. The third kappa shape index (κ3) is 3.18. The largest absolute Gasteiger partial charge is 0.481 e. The van der Waals surface area contributed by atoms with Gasteiger partial charge in [0, 0.05) is 19.5 Å². The van der Waals surface area contributed by atoms with Crippen LogP contribution in [0, 0.1) is 5.92 Å². The molecule has 0 spiro atoms. The predicted molar refractivity (Wildman–Crippen MR) is 76.3 cm³/mol. The number of amides is 1. The van der Waals surface area contributed by atoms with Crippen molar-refractivity contribution in [3.8, 4) is 0 Å². The lowest BCUT2D eigenvalue weighted by Gasteiger charge is -2.33. The Hall–Kier alpha value is -1.84. The maximum Gasteiger partial charge on any atom is 0.312 e. The van der Waals surface area contributed by atoms with Crippen LogP contribution in [0.5, 0.6) is 0 Å². The number of nitrogens with zero attached hydrogens (tertiary/aromatic N) is 1. The molecule has 1 aliphatic heterocycles. The number of hydrogen-bond acceptors (Lipinski definition) is 2. The number of rotatable bonds is 4. The molecule has 1 atom stereocenters. The molecule has 0 saturated heterocycles. The molecular formula is C16H21NO3. The van der Waals surface area contributed by atoms with Crippen molar-refractivity contribution in [1.29, 1.82) is 0 Å². The van der Waals surface area contributed by atoms with Gasteiger partial charge in [0.05, 0.1) is 5.92 Å². The molecule has 4 nitrogen and oxygen atoms in total. The van der Waals surface area contributed by atoms with E-state index in [1.165, 1.54) is 0 Å². The molecule has 0 aromatic heterocycles. The van der Waals surface area contributed by atoms with Crippen LogP contribution >= 0.6 is 0 Å². The third-order valence-electron chi connectivity index (χ3n) is 3.78. The predicted octanol–water partition coefficient (Wildman–Crippen LogP) is 2.63. The number of aliphatic carboxylic acids is 1. The van der Waals surface area contributed by atoms with Gasteiger partial charge in [0.15, 0.2) is 0 Å². The van der Waals surface area contributed by atoms with E-state index in [-0.39, 0.29) is 12.5 Å². The summed E-state index contributed by atoms with van der Waals surface area (Å²) >= 11 is 0. The average Bonchev–Trinajstić information content (AvgIpc) is 2.43. The van der Waals surface area contributed by atoms with Crippen LogP contribution < -0.4 is 0 Å². The standard InChI is InChI=1S/C16H21NO3/c1-11(2)7-8-15(18)17-9-12-5-3-4-6-13(12)14(10-17)16(19)20/h3-6,11,14H,7-10H2,1-2H3,(H,19,20). The Morgan fingerprint density at radius 2 is 2.05 bits per heavy atom. The lowest BCUT2D eigenvalue weighted by molar-refractivity contribution is -0.141. The van der Waals surface area contributed by atoms with Crippen LogP contribution in [0.3, 0.4) is 0 Å². The van der Waals surface area contributed by atoms with E-state index in [0.717, 1.165) is 17.5 Å². The second-order valence-electron chi connectivity index (χ2n) is 5.80. The Balaban J connectivity index is 2.16. The lowest BCUT2D eigenvalue weighted by Crippen LogP contribution is -2.40. The van der Waals surface area contributed by atoms with Gasteiger partial charge in [-0.05, 0) is 23.5 Å². The number of carbonyl (C=O) groups is 2.